The number of halogens is 1. The maximum Gasteiger partial charge on any atom is 0.273 e. The molecule has 0 aliphatic rings. The number of amides is 1. The van der Waals surface area contributed by atoms with Crippen molar-refractivity contribution in [1.82, 2.24) is 15.5 Å². The number of aromatic nitrogens is 2. The molecule has 0 radical (unpaired) electrons. The van der Waals surface area contributed by atoms with Gasteiger partial charge >= 0.3 is 0 Å². The van der Waals surface area contributed by atoms with E-state index in [9.17, 15) is 4.79 Å². The Morgan fingerprint density at radius 2 is 1.72 bits per heavy atom. The van der Waals surface area contributed by atoms with Gasteiger partial charge < -0.3 is 14.8 Å². The molecule has 1 amide bonds. The van der Waals surface area contributed by atoms with E-state index in [1.807, 2.05) is 79.0 Å². The molecule has 2 heterocycles. The molecule has 0 aliphatic heterocycles. The Hall–Kier alpha value is -3.83. The Morgan fingerprint density at radius 1 is 0.969 bits per heavy atom. The van der Waals surface area contributed by atoms with Crippen molar-refractivity contribution in [3.05, 3.63) is 113 Å². The first-order chi connectivity index (χ1) is 15.7. The van der Waals surface area contributed by atoms with Crippen molar-refractivity contribution in [1.29, 1.82) is 0 Å². The third kappa shape index (κ3) is 3.90. The highest BCUT2D eigenvalue weighted by molar-refractivity contribution is 6.31. The van der Waals surface area contributed by atoms with Crippen LogP contribution in [0, 0.1) is 0 Å². The standard InChI is InChI=1S/C26H20ClN3O2/c27-22-12-6-4-10-18(22)20(21-15-28-23-13-7-5-11-19(21)23)16-29-26(31)24-14-25(32-30-24)17-8-2-1-3-9-17/h1-15,20,28H,16H2,(H,29,31). The number of carbonyl (C=O) groups excluding carboxylic acids is 1. The van der Waals surface area contributed by atoms with Crippen LogP contribution < -0.4 is 5.32 Å². The Bertz CT molecular complexity index is 1370. The van der Waals surface area contributed by atoms with Gasteiger partial charge in [0.05, 0.1) is 0 Å². The number of benzene rings is 3. The van der Waals surface area contributed by atoms with Gasteiger partial charge in [0.1, 0.15) is 0 Å². The van der Waals surface area contributed by atoms with Crippen molar-refractivity contribution in [3.8, 4) is 11.3 Å². The van der Waals surface area contributed by atoms with Gasteiger partial charge in [-0.15, -0.1) is 0 Å². The molecule has 0 fully saturated rings. The van der Waals surface area contributed by atoms with Crippen LogP contribution in [0.2, 0.25) is 5.02 Å². The second-order valence-corrected chi connectivity index (χ2v) is 7.92. The van der Waals surface area contributed by atoms with Gasteiger partial charge in [0.15, 0.2) is 11.5 Å². The molecule has 2 N–H and O–H groups in total. The van der Waals surface area contributed by atoms with Gasteiger partial charge in [-0.1, -0.05) is 83.5 Å². The highest BCUT2D eigenvalue weighted by Crippen LogP contribution is 2.34. The molecule has 158 valence electrons. The third-order valence-electron chi connectivity index (χ3n) is 5.55. The lowest BCUT2D eigenvalue weighted by Crippen LogP contribution is -2.29. The first kappa shape index (κ1) is 20.1. The summed E-state index contributed by atoms with van der Waals surface area (Å²) in [5.74, 6) is 0.118. The Kier molecular flexibility index (Phi) is 5.48. The summed E-state index contributed by atoms with van der Waals surface area (Å²) < 4.78 is 5.38. The predicted molar refractivity (Wildman–Crippen MR) is 126 cm³/mol. The van der Waals surface area contributed by atoms with Crippen LogP contribution in [0.5, 0.6) is 0 Å². The summed E-state index contributed by atoms with van der Waals surface area (Å²) in [6.45, 7) is 0.359. The SMILES string of the molecule is O=C(NCC(c1ccccc1Cl)c1c[nH]c2ccccc12)c1cc(-c2ccccc2)on1. The van der Waals surface area contributed by atoms with Crippen molar-refractivity contribution in [2.24, 2.45) is 0 Å². The summed E-state index contributed by atoms with van der Waals surface area (Å²) in [5, 5.41) is 8.72. The lowest BCUT2D eigenvalue weighted by Gasteiger charge is -2.19. The minimum Gasteiger partial charge on any atom is -0.361 e. The van der Waals surface area contributed by atoms with E-state index >= 15 is 0 Å². The maximum absolute atomic E-state index is 12.9. The molecule has 3 aromatic carbocycles. The number of para-hydroxylation sites is 1. The van der Waals surface area contributed by atoms with E-state index in [0.29, 0.717) is 17.3 Å². The van der Waals surface area contributed by atoms with Crippen LogP contribution in [0.3, 0.4) is 0 Å². The smallest absolute Gasteiger partial charge is 0.273 e. The predicted octanol–water partition coefficient (Wildman–Crippen LogP) is 6.04. The lowest BCUT2D eigenvalue weighted by molar-refractivity contribution is 0.0943. The molecule has 0 aliphatic carbocycles. The van der Waals surface area contributed by atoms with Crippen LogP contribution in [0.15, 0.2) is 95.6 Å². The molecule has 0 saturated carbocycles. The average Bonchev–Trinajstić information content (AvgIpc) is 3.49. The van der Waals surface area contributed by atoms with E-state index in [2.05, 4.69) is 21.5 Å². The number of hydrogen-bond donors (Lipinski definition) is 2. The molecule has 0 saturated heterocycles. The summed E-state index contributed by atoms with van der Waals surface area (Å²) >= 11 is 6.54. The fourth-order valence-corrected chi connectivity index (χ4v) is 4.20. The molecule has 6 heteroatoms. The molecule has 5 nitrogen and oxygen atoms in total. The molecule has 2 aromatic heterocycles. The molecule has 1 atom stereocenters. The van der Waals surface area contributed by atoms with Crippen LogP contribution in [0.25, 0.3) is 22.2 Å². The largest absolute Gasteiger partial charge is 0.361 e. The van der Waals surface area contributed by atoms with Gasteiger partial charge in [-0.2, -0.15) is 0 Å². The third-order valence-corrected chi connectivity index (χ3v) is 5.89. The van der Waals surface area contributed by atoms with E-state index in [0.717, 1.165) is 27.6 Å². The molecule has 0 bridgehead atoms. The Balaban J connectivity index is 1.42. The van der Waals surface area contributed by atoms with Crippen LogP contribution in [0.1, 0.15) is 27.5 Å². The van der Waals surface area contributed by atoms with Crippen molar-refractivity contribution >= 4 is 28.4 Å². The molecular weight excluding hydrogens is 422 g/mol. The van der Waals surface area contributed by atoms with Gasteiger partial charge in [-0.3, -0.25) is 4.79 Å². The Morgan fingerprint density at radius 3 is 2.56 bits per heavy atom. The minimum atomic E-state index is -0.298. The number of nitrogens with one attached hydrogen (secondary N) is 2. The summed E-state index contributed by atoms with van der Waals surface area (Å²) in [4.78, 5) is 16.2. The van der Waals surface area contributed by atoms with Gasteiger partial charge in [0.2, 0.25) is 0 Å². The van der Waals surface area contributed by atoms with Crippen LogP contribution >= 0.6 is 11.6 Å². The van der Waals surface area contributed by atoms with Crippen molar-refractivity contribution in [2.75, 3.05) is 6.54 Å². The second-order valence-electron chi connectivity index (χ2n) is 7.52. The van der Waals surface area contributed by atoms with Crippen molar-refractivity contribution < 1.29 is 9.32 Å². The zero-order valence-electron chi connectivity index (χ0n) is 17.1. The zero-order chi connectivity index (χ0) is 21.9. The number of aromatic amines is 1. The number of H-pyrrole nitrogens is 1. The maximum atomic E-state index is 12.9. The summed E-state index contributed by atoms with van der Waals surface area (Å²) in [6.07, 6.45) is 1.98. The van der Waals surface area contributed by atoms with Crippen molar-refractivity contribution in [2.45, 2.75) is 5.92 Å². The first-order valence-electron chi connectivity index (χ1n) is 10.3. The monoisotopic (exact) mass is 441 g/mol. The van der Waals surface area contributed by atoms with Gasteiger partial charge in [-0.05, 0) is 23.3 Å². The van der Waals surface area contributed by atoms with Gasteiger partial charge in [0, 0.05) is 46.2 Å². The number of hydrogen-bond acceptors (Lipinski definition) is 3. The van der Waals surface area contributed by atoms with Crippen LogP contribution in [-0.4, -0.2) is 22.6 Å². The number of carbonyl (C=O) groups is 1. The second kappa shape index (κ2) is 8.73. The Labute approximate surface area is 190 Å². The average molecular weight is 442 g/mol. The fraction of sp³-hybridized carbons (Fsp3) is 0.0769. The highest BCUT2D eigenvalue weighted by Gasteiger charge is 2.22. The van der Waals surface area contributed by atoms with Gasteiger partial charge in [-0.25, -0.2) is 0 Å². The summed E-state index contributed by atoms with van der Waals surface area (Å²) in [5.41, 5.74) is 4.16. The number of nitrogens with zero attached hydrogens (tertiary/aromatic N) is 1. The topological polar surface area (TPSA) is 70.9 Å². The number of rotatable bonds is 6. The lowest BCUT2D eigenvalue weighted by atomic mass is 9.90. The number of fused-ring (bicyclic) bond motifs is 1. The minimum absolute atomic E-state index is 0.135. The van der Waals surface area contributed by atoms with Crippen molar-refractivity contribution in [3.63, 3.8) is 0 Å². The molecule has 0 spiro atoms. The zero-order valence-corrected chi connectivity index (χ0v) is 17.8. The molecule has 32 heavy (non-hydrogen) atoms. The molecule has 1 unspecified atom stereocenters. The van der Waals surface area contributed by atoms with E-state index in [4.69, 9.17) is 16.1 Å². The van der Waals surface area contributed by atoms with E-state index < -0.39 is 0 Å². The normalized spacial score (nSPS) is 12.0. The molecule has 5 aromatic rings. The fourth-order valence-electron chi connectivity index (χ4n) is 3.93. The van der Waals surface area contributed by atoms with E-state index in [1.54, 1.807) is 6.07 Å². The molecular formula is C26H20ClN3O2. The highest BCUT2D eigenvalue weighted by atomic mass is 35.5. The van der Waals surface area contributed by atoms with Crippen LogP contribution in [-0.2, 0) is 0 Å². The van der Waals surface area contributed by atoms with E-state index in [-0.39, 0.29) is 17.5 Å². The molecule has 5 rings (SSSR count). The summed E-state index contributed by atoms with van der Waals surface area (Å²) in [7, 11) is 0. The first-order valence-corrected chi connectivity index (χ1v) is 10.7. The summed E-state index contributed by atoms with van der Waals surface area (Å²) in [6, 6.07) is 27.0. The van der Waals surface area contributed by atoms with E-state index in [1.165, 1.54) is 0 Å². The van der Waals surface area contributed by atoms with Crippen LogP contribution in [0.4, 0.5) is 0 Å². The quantitative estimate of drug-likeness (QED) is 0.337. The van der Waals surface area contributed by atoms with Gasteiger partial charge in [0.25, 0.3) is 5.91 Å².